The molecule has 1 aromatic heterocycles. The largest absolute Gasteiger partial charge is 0.389 e. The van der Waals surface area contributed by atoms with Gasteiger partial charge >= 0.3 is 0 Å². The molecule has 0 aliphatic heterocycles. The van der Waals surface area contributed by atoms with Crippen LogP contribution in [0, 0.1) is 11.8 Å². The molecule has 0 spiro atoms. The van der Waals surface area contributed by atoms with Gasteiger partial charge in [0.2, 0.25) is 0 Å². The molecule has 1 heterocycles. The van der Waals surface area contributed by atoms with Crippen molar-refractivity contribution in [2.75, 3.05) is 0 Å². The third kappa shape index (κ3) is 2.12. The Balaban J connectivity index is 1.96. The highest BCUT2D eigenvalue weighted by Crippen LogP contribution is 2.43. The second-order valence-electron chi connectivity index (χ2n) is 5.31. The normalized spacial score (nSPS) is 29.4. The van der Waals surface area contributed by atoms with Crippen molar-refractivity contribution in [1.82, 2.24) is 14.8 Å². The van der Waals surface area contributed by atoms with Gasteiger partial charge in [0.1, 0.15) is 12.2 Å². The lowest BCUT2D eigenvalue weighted by atomic mass is 9.65. The average Bonchev–Trinajstić information content (AvgIpc) is 2.60. The van der Waals surface area contributed by atoms with Gasteiger partial charge in [0.05, 0.1) is 5.60 Å². The minimum Gasteiger partial charge on any atom is -0.389 e. The summed E-state index contributed by atoms with van der Waals surface area (Å²) in [6.07, 6.45) is 4.02. The lowest BCUT2D eigenvalue weighted by Crippen LogP contribution is -2.47. The Morgan fingerprint density at radius 2 is 2.25 bits per heavy atom. The second-order valence-corrected chi connectivity index (χ2v) is 5.31. The van der Waals surface area contributed by atoms with Gasteiger partial charge in [-0.1, -0.05) is 13.8 Å². The minimum atomic E-state index is -0.533. The fourth-order valence-electron chi connectivity index (χ4n) is 2.52. The van der Waals surface area contributed by atoms with Crippen LogP contribution in [0.2, 0.25) is 0 Å². The van der Waals surface area contributed by atoms with Gasteiger partial charge < -0.3 is 5.11 Å². The molecule has 0 unspecified atom stereocenters. The topological polar surface area (TPSA) is 50.9 Å². The molecule has 0 aromatic carbocycles. The van der Waals surface area contributed by atoms with E-state index in [-0.39, 0.29) is 0 Å². The first-order valence-corrected chi connectivity index (χ1v) is 6.13. The van der Waals surface area contributed by atoms with E-state index in [1.54, 1.807) is 6.33 Å². The standard InChI is InChI=1S/C12H21N3O/c1-4-15-11(13-8-14-15)7-12(16)5-10(6-12)9(2)3/h8-10,16H,4-7H2,1-3H3. The number of hydrogen-bond acceptors (Lipinski definition) is 3. The first kappa shape index (κ1) is 11.6. The summed E-state index contributed by atoms with van der Waals surface area (Å²) in [5, 5.41) is 14.5. The van der Waals surface area contributed by atoms with Crippen LogP contribution >= 0.6 is 0 Å². The number of rotatable bonds is 4. The molecule has 2 rings (SSSR count). The molecule has 1 N–H and O–H groups in total. The van der Waals surface area contributed by atoms with Crippen LogP contribution in [0.4, 0.5) is 0 Å². The molecule has 0 amide bonds. The van der Waals surface area contributed by atoms with Crippen LogP contribution in [0.5, 0.6) is 0 Å². The van der Waals surface area contributed by atoms with Crippen LogP contribution in [0.3, 0.4) is 0 Å². The number of aliphatic hydroxyl groups is 1. The third-order valence-corrected chi connectivity index (χ3v) is 3.71. The first-order chi connectivity index (χ1) is 7.54. The zero-order valence-electron chi connectivity index (χ0n) is 10.3. The summed E-state index contributed by atoms with van der Waals surface area (Å²) < 4.78 is 1.86. The molecule has 1 aromatic rings. The number of nitrogens with zero attached hydrogens (tertiary/aromatic N) is 3. The molecular weight excluding hydrogens is 202 g/mol. The Morgan fingerprint density at radius 3 is 2.81 bits per heavy atom. The predicted molar refractivity (Wildman–Crippen MR) is 61.9 cm³/mol. The highest BCUT2D eigenvalue weighted by Gasteiger charge is 2.44. The summed E-state index contributed by atoms with van der Waals surface area (Å²) in [7, 11) is 0. The summed E-state index contributed by atoms with van der Waals surface area (Å²) >= 11 is 0. The van der Waals surface area contributed by atoms with E-state index in [0.29, 0.717) is 18.3 Å². The van der Waals surface area contributed by atoms with Crippen molar-refractivity contribution < 1.29 is 5.11 Å². The van der Waals surface area contributed by atoms with Gasteiger partial charge in [-0.2, -0.15) is 5.10 Å². The fraction of sp³-hybridized carbons (Fsp3) is 0.833. The van der Waals surface area contributed by atoms with Gasteiger partial charge in [0, 0.05) is 13.0 Å². The quantitative estimate of drug-likeness (QED) is 0.844. The van der Waals surface area contributed by atoms with Crippen molar-refractivity contribution in [1.29, 1.82) is 0 Å². The molecule has 0 saturated heterocycles. The van der Waals surface area contributed by atoms with Crippen LogP contribution in [0.15, 0.2) is 6.33 Å². The summed E-state index contributed by atoms with van der Waals surface area (Å²) in [6.45, 7) is 7.30. The Labute approximate surface area is 96.7 Å². The molecule has 1 aliphatic rings. The molecule has 16 heavy (non-hydrogen) atoms. The Hall–Kier alpha value is -0.900. The van der Waals surface area contributed by atoms with Crippen molar-refractivity contribution in [3.05, 3.63) is 12.2 Å². The Kier molecular flexibility index (Phi) is 3.02. The Morgan fingerprint density at radius 1 is 1.56 bits per heavy atom. The summed E-state index contributed by atoms with van der Waals surface area (Å²) in [6, 6.07) is 0. The molecule has 1 fully saturated rings. The van der Waals surface area contributed by atoms with Gasteiger partial charge in [0.15, 0.2) is 0 Å². The van der Waals surface area contributed by atoms with Crippen LogP contribution < -0.4 is 0 Å². The lowest BCUT2D eigenvalue weighted by molar-refractivity contribution is -0.0877. The van der Waals surface area contributed by atoms with E-state index < -0.39 is 5.60 Å². The van der Waals surface area contributed by atoms with Crippen LogP contribution in [-0.2, 0) is 13.0 Å². The highest BCUT2D eigenvalue weighted by molar-refractivity contribution is 5.02. The van der Waals surface area contributed by atoms with E-state index in [4.69, 9.17) is 0 Å². The van der Waals surface area contributed by atoms with E-state index in [0.717, 1.165) is 25.2 Å². The number of hydrogen-bond donors (Lipinski definition) is 1. The van der Waals surface area contributed by atoms with Crippen molar-refractivity contribution in [3.63, 3.8) is 0 Å². The lowest BCUT2D eigenvalue weighted by Gasteiger charge is -2.45. The molecule has 0 radical (unpaired) electrons. The summed E-state index contributed by atoms with van der Waals surface area (Å²) in [5.74, 6) is 2.25. The van der Waals surface area contributed by atoms with Crippen LogP contribution in [0.25, 0.3) is 0 Å². The van der Waals surface area contributed by atoms with Gasteiger partial charge in [-0.15, -0.1) is 0 Å². The van der Waals surface area contributed by atoms with Gasteiger partial charge in [0.25, 0.3) is 0 Å². The van der Waals surface area contributed by atoms with E-state index in [2.05, 4.69) is 23.9 Å². The van der Waals surface area contributed by atoms with Crippen LogP contribution in [-0.4, -0.2) is 25.5 Å². The number of aryl methyl sites for hydroxylation is 1. The molecule has 4 heteroatoms. The number of aromatic nitrogens is 3. The SMILES string of the molecule is CCn1ncnc1CC1(O)CC(C(C)C)C1. The van der Waals surface area contributed by atoms with E-state index >= 15 is 0 Å². The van der Waals surface area contributed by atoms with E-state index in [1.807, 2.05) is 11.6 Å². The maximum Gasteiger partial charge on any atom is 0.138 e. The van der Waals surface area contributed by atoms with Crippen molar-refractivity contribution >= 4 is 0 Å². The maximum atomic E-state index is 10.3. The Bertz CT molecular complexity index is 353. The average molecular weight is 223 g/mol. The van der Waals surface area contributed by atoms with Crippen molar-refractivity contribution in [2.24, 2.45) is 11.8 Å². The zero-order valence-corrected chi connectivity index (χ0v) is 10.3. The minimum absolute atomic E-state index is 0.533. The van der Waals surface area contributed by atoms with Crippen molar-refractivity contribution in [3.8, 4) is 0 Å². The van der Waals surface area contributed by atoms with Gasteiger partial charge in [-0.3, -0.25) is 4.68 Å². The monoisotopic (exact) mass is 223 g/mol. The molecule has 0 bridgehead atoms. The molecule has 0 atom stereocenters. The van der Waals surface area contributed by atoms with Gasteiger partial charge in [-0.25, -0.2) is 4.98 Å². The zero-order chi connectivity index (χ0) is 11.8. The van der Waals surface area contributed by atoms with Gasteiger partial charge in [-0.05, 0) is 31.6 Å². The molecule has 1 saturated carbocycles. The fourth-order valence-corrected chi connectivity index (χ4v) is 2.52. The third-order valence-electron chi connectivity index (χ3n) is 3.71. The summed E-state index contributed by atoms with van der Waals surface area (Å²) in [4.78, 5) is 4.22. The maximum absolute atomic E-state index is 10.3. The molecule has 4 nitrogen and oxygen atoms in total. The summed E-state index contributed by atoms with van der Waals surface area (Å²) in [5.41, 5.74) is -0.533. The molecular formula is C12H21N3O. The first-order valence-electron chi connectivity index (χ1n) is 6.13. The van der Waals surface area contributed by atoms with Crippen molar-refractivity contribution in [2.45, 2.75) is 52.2 Å². The second kappa shape index (κ2) is 4.17. The molecule has 90 valence electrons. The molecule has 1 aliphatic carbocycles. The smallest absolute Gasteiger partial charge is 0.138 e. The van der Waals surface area contributed by atoms with Crippen LogP contribution in [0.1, 0.15) is 39.4 Å². The highest BCUT2D eigenvalue weighted by atomic mass is 16.3. The van der Waals surface area contributed by atoms with E-state index in [1.165, 1.54) is 0 Å². The van der Waals surface area contributed by atoms with E-state index in [9.17, 15) is 5.11 Å². The predicted octanol–water partition coefficient (Wildman–Crippen LogP) is 1.64.